The van der Waals surface area contributed by atoms with Crippen LogP contribution < -0.4 is 5.32 Å². The van der Waals surface area contributed by atoms with Crippen molar-refractivity contribution in [1.82, 2.24) is 5.32 Å². The van der Waals surface area contributed by atoms with Gasteiger partial charge in [0.2, 0.25) is 0 Å². The SMILES string of the molecule is CNC(=O)OC(C)(C)C[C@H]1CC[C@H](O)CC1. The molecule has 0 saturated heterocycles. The van der Waals surface area contributed by atoms with Crippen LogP contribution in [0.3, 0.4) is 0 Å². The molecule has 2 N–H and O–H groups in total. The van der Waals surface area contributed by atoms with E-state index in [1.165, 1.54) is 0 Å². The first-order valence-corrected chi connectivity index (χ1v) is 6.02. The van der Waals surface area contributed by atoms with Gasteiger partial charge in [0, 0.05) is 7.05 Å². The van der Waals surface area contributed by atoms with Crippen molar-refractivity contribution < 1.29 is 14.6 Å². The molecule has 0 aromatic carbocycles. The molecule has 1 rings (SSSR count). The second-order valence-electron chi connectivity index (χ2n) is 5.28. The number of carbonyl (C=O) groups is 1. The van der Waals surface area contributed by atoms with E-state index in [1.807, 2.05) is 13.8 Å². The lowest BCUT2D eigenvalue weighted by Gasteiger charge is -2.32. The molecule has 1 aliphatic carbocycles. The fraction of sp³-hybridized carbons (Fsp3) is 0.917. The Morgan fingerprint density at radius 3 is 2.44 bits per heavy atom. The molecule has 0 unspecified atom stereocenters. The maximum Gasteiger partial charge on any atom is 0.407 e. The van der Waals surface area contributed by atoms with Gasteiger partial charge in [-0.05, 0) is 51.9 Å². The zero-order valence-corrected chi connectivity index (χ0v) is 10.5. The quantitative estimate of drug-likeness (QED) is 0.778. The number of hydrogen-bond donors (Lipinski definition) is 2. The van der Waals surface area contributed by atoms with Crippen molar-refractivity contribution >= 4 is 6.09 Å². The summed E-state index contributed by atoms with van der Waals surface area (Å²) in [5.41, 5.74) is -0.424. The van der Waals surface area contributed by atoms with E-state index in [-0.39, 0.29) is 12.2 Å². The molecule has 1 amide bonds. The molecule has 0 aromatic rings. The predicted molar refractivity (Wildman–Crippen MR) is 62.2 cm³/mol. The summed E-state index contributed by atoms with van der Waals surface area (Å²) in [7, 11) is 1.56. The van der Waals surface area contributed by atoms with Crippen LogP contribution in [0, 0.1) is 5.92 Å². The number of aliphatic hydroxyl groups excluding tert-OH is 1. The van der Waals surface area contributed by atoms with E-state index >= 15 is 0 Å². The number of rotatable bonds is 3. The molecule has 1 aliphatic rings. The van der Waals surface area contributed by atoms with Crippen LogP contribution >= 0.6 is 0 Å². The van der Waals surface area contributed by atoms with Crippen LogP contribution in [0.25, 0.3) is 0 Å². The molecule has 0 bridgehead atoms. The van der Waals surface area contributed by atoms with Crippen molar-refractivity contribution in [2.24, 2.45) is 5.92 Å². The van der Waals surface area contributed by atoms with E-state index in [4.69, 9.17) is 4.74 Å². The van der Waals surface area contributed by atoms with Gasteiger partial charge in [-0.15, -0.1) is 0 Å². The maximum absolute atomic E-state index is 11.1. The van der Waals surface area contributed by atoms with Crippen LogP contribution in [0.1, 0.15) is 46.0 Å². The molecule has 0 aromatic heterocycles. The summed E-state index contributed by atoms with van der Waals surface area (Å²) in [5, 5.41) is 11.9. The molecule has 94 valence electrons. The molecule has 1 fully saturated rings. The van der Waals surface area contributed by atoms with Crippen LogP contribution in [-0.2, 0) is 4.74 Å². The summed E-state index contributed by atoms with van der Waals surface area (Å²) >= 11 is 0. The fourth-order valence-corrected chi connectivity index (χ4v) is 2.39. The number of aliphatic hydroxyl groups is 1. The zero-order valence-electron chi connectivity index (χ0n) is 10.5. The molecule has 4 nitrogen and oxygen atoms in total. The summed E-state index contributed by atoms with van der Waals surface area (Å²) in [5.74, 6) is 0.558. The molecular weight excluding hydrogens is 206 g/mol. The van der Waals surface area contributed by atoms with Crippen LogP contribution in [0.2, 0.25) is 0 Å². The Morgan fingerprint density at radius 1 is 1.38 bits per heavy atom. The third kappa shape index (κ3) is 4.39. The van der Waals surface area contributed by atoms with Gasteiger partial charge in [0.15, 0.2) is 0 Å². The Bertz CT molecular complexity index is 232. The lowest BCUT2D eigenvalue weighted by Crippen LogP contribution is -2.35. The highest BCUT2D eigenvalue weighted by molar-refractivity contribution is 5.67. The Morgan fingerprint density at radius 2 is 1.94 bits per heavy atom. The second-order valence-corrected chi connectivity index (χ2v) is 5.28. The minimum absolute atomic E-state index is 0.126. The average Bonchev–Trinajstić information content (AvgIpc) is 2.20. The van der Waals surface area contributed by atoms with E-state index < -0.39 is 5.60 Å². The Kier molecular flexibility index (Phi) is 4.59. The third-order valence-corrected chi connectivity index (χ3v) is 3.17. The smallest absolute Gasteiger partial charge is 0.407 e. The molecule has 16 heavy (non-hydrogen) atoms. The van der Waals surface area contributed by atoms with Gasteiger partial charge in [0.1, 0.15) is 5.60 Å². The van der Waals surface area contributed by atoms with Gasteiger partial charge in [-0.1, -0.05) is 0 Å². The number of nitrogens with one attached hydrogen (secondary N) is 1. The van der Waals surface area contributed by atoms with Crippen molar-refractivity contribution in [3.63, 3.8) is 0 Å². The second kappa shape index (κ2) is 5.53. The van der Waals surface area contributed by atoms with Crippen molar-refractivity contribution in [2.45, 2.75) is 57.7 Å². The van der Waals surface area contributed by atoms with Crippen LogP contribution in [0.4, 0.5) is 4.79 Å². The molecule has 0 spiro atoms. The third-order valence-electron chi connectivity index (χ3n) is 3.17. The molecule has 4 heteroatoms. The van der Waals surface area contributed by atoms with Crippen LogP contribution in [0.15, 0.2) is 0 Å². The minimum Gasteiger partial charge on any atom is -0.444 e. The average molecular weight is 229 g/mol. The van der Waals surface area contributed by atoms with E-state index in [1.54, 1.807) is 7.05 Å². The fourth-order valence-electron chi connectivity index (χ4n) is 2.39. The van der Waals surface area contributed by atoms with Gasteiger partial charge in [-0.3, -0.25) is 0 Å². The number of carbonyl (C=O) groups excluding carboxylic acids is 1. The molecule has 0 atom stereocenters. The minimum atomic E-state index is -0.424. The topological polar surface area (TPSA) is 58.6 Å². The van der Waals surface area contributed by atoms with Crippen LogP contribution in [0.5, 0.6) is 0 Å². The zero-order chi connectivity index (χ0) is 12.2. The van der Waals surface area contributed by atoms with Crippen molar-refractivity contribution in [3.8, 4) is 0 Å². The number of alkyl carbamates (subject to hydrolysis) is 1. The Labute approximate surface area is 97.4 Å². The number of hydrogen-bond acceptors (Lipinski definition) is 3. The van der Waals surface area contributed by atoms with Gasteiger partial charge < -0.3 is 15.2 Å². The highest BCUT2D eigenvalue weighted by Crippen LogP contribution is 2.32. The first-order chi connectivity index (χ1) is 7.43. The predicted octanol–water partition coefficient (Wildman–Crippen LogP) is 2.06. The van der Waals surface area contributed by atoms with Gasteiger partial charge in [0.25, 0.3) is 0 Å². The lowest BCUT2D eigenvalue weighted by molar-refractivity contribution is 0.00938. The summed E-state index contributed by atoms with van der Waals surface area (Å²) in [6.07, 6.45) is 4.18. The van der Waals surface area contributed by atoms with Gasteiger partial charge in [0.05, 0.1) is 6.10 Å². The first-order valence-electron chi connectivity index (χ1n) is 6.02. The summed E-state index contributed by atoms with van der Waals surface area (Å²) < 4.78 is 5.30. The molecule has 0 heterocycles. The molecule has 0 aliphatic heterocycles. The van der Waals surface area contributed by atoms with E-state index in [0.717, 1.165) is 32.1 Å². The Hall–Kier alpha value is -0.770. The van der Waals surface area contributed by atoms with Gasteiger partial charge >= 0.3 is 6.09 Å². The van der Waals surface area contributed by atoms with Crippen molar-refractivity contribution in [1.29, 1.82) is 0 Å². The normalized spacial score (nSPS) is 26.2. The molecule has 1 saturated carbocycles. The standard InChI is InChI=1S/C12H23NO3/c1-12(2,16-11(15)13-3)8-9-4-6-10(14)7-5-9/h9-10,14H,4-8H2,1-3H3,(H,13,15)/t9-,10-. The Balaban J connectivity index is 2.37. The summed E-state index contributed by atoms with van der Waals surface area (Å²) in [4.78, 5) is 11.1. The molecular formula is C12H23NO3. The van der Waals surface area contributed by atoms with E-state index in [0.29, 0.717) is 5.92 Å². The molecule has 0 radical (unpaired) electrons. The van der Waals surface area contributed by atoms with Gasteiger partial charge in [-0.25, -0.2) is 4.79 Å². The first kappa shape index (κ1) is 13.3. The van der Waals surface area contributed by atoms with E-state index in [9.17, 15) is 9.90 Å². The number of amides is 1. The monoisotopic (exact) mass is 229 g/mol. The maximum atomic E-state index is 11.1. The highest BCUT2D eigenvalue weighted by Gasteiger charge is 2.29. The summed E-state index contributed by atoms with van der Waals surface area (Å²) in [6.45, 7) is 3.88. The lowest BCUT2D eigenvalue weighted by atomic mass is 9.81. The summed E-state index contributed by atoms with van der Waals surface area (Å²) in [6, 6.07) is 0. The van der Waals surface area contributed by atoms with Gasteiger partial charge in [-0.2, -0.15) is 0 Å². The van der Waals surface area contributed by atoms with E-state index in [2.05, 4.69) is 5.32 Å². The number of ether oxygens (including phenoxy) is 1. The highest BCUT2D eigenvalue weighted by atomic mass is 16.6. The van der Waals surface area contributed by atoms with Crippen molar-refractivity contribution in [3.05, 3.63) is 0 Å². The largest absolute Gasteiger partial charge is 0.444 e. The van der Waals surface area contributed by atoms with Crippen molar-refractivity contribution in [2.75, 3.05) is 7.05 Å². The van der Waals surface area contributed by atoms with Crippen LogP contribution in [-0.4, -0.2) is 30.0 Å².